The Hall–Kier alpha value is -4.44. The third kappa shape index (κ3) is 5.10. The molecule has 5 aromatic rings. The number of hydrogen-bond donors (Lipinski definition) is 1. The molecular formula is C33H31N3O. The van der Waals surface area contributed by atoms with Crippen molar-refractivity contribution in [3.8, 4) is 16.8 Å². The SMILES string of the molecule is Cc1cc(C)cc(-c2ccc(-n3cncc3C(=O)NCC(C)(c3ccccc3)c3ccccc3)cc2)c1. The Kier molecular flexibility index (Phi) is 6.74. The fourth-order valence-corrected chi connectivity index (χ4v) is 4.96. The van der Waals surface area contributed by atoms with Crippen molar-refractivity contribution in [2.24, 2.45) is 0 Å². The number of carbonyl (C=O) groups excluding carboxylic acids is 1. The maximum Gasteiger partial charge on any atom is 0.269 e. The maximum absolute atomic E-state index is 13.4. The molecule has 4 aromatic carbocycles. The zero-order chi connectivity index (χ0) is 25.8. The van der Waals surface area contributed by atoms with Crippen molar-refractivity contribution in [2.45, 2.75) is 26.2 Å². The lowest BCUT2D eigenvalue weighted by Crippen LogP contribution is -2.40. The lowest BCUT2D eigenvalue weighted by atomic mass is 9.76. The third-order valence-corrected chi connectivity index (χ3v) is 7.00. The topological polar surface area (TPSA) is 46.9 Å². The van der Waals surface area contributed by atoms with Crippen molar-refractivity contribution >= 4 is 5.91 Å². The fraction of sp³-hybridized carbons (Fsp3) is 0.152. The van der Waals surface area contributed by atoms with Crippen LogP contribution in [0.25, 0.3) is 16.8 Å². The Morgan fingerprint density at radius 3 is 1.92 bits per heavy atom. The first-order valence-corrected chi connectivity index (χ1v) is 12.5. The number of aryl methyl sites for hydroxylation is 2. The second kappa shape index (κ2) is 10.3. The van der Waals surface area contributed by atoms with Gasteiger partial charge in [-0.15, -0.1) is 0 Å². The molecule has 0 saturated carbocycles. The van der Waals surface area contributed by atoms with Gasteiger partial charge in [0.05, 0.1) is 12.5 Å². The van der Waals surface area contributed by atoms with Crippen molar-refractivity contribution in [3.63, 3.8) is 0 Å². The van der Waals surface area contributed by atoms with Crippen LogP contribution in [-0.2, 0) is 5.41 Å². The van der Waals surface area contributed by atoms with E-state index in [0.717, 1.165) is 22.4 Å². The van der Waals surface area contributed by atoms with Gasteiger partial charge in [-0.25, -0.2) is 4.98 Å². The molecule has 0 aliphatic heterocycles. The molecule has 37 heavy (non-hydrogen) atoms. The summed E-state index contributed by atoms with van der Waals surface area (Å²) in [5.41, 5.74) is 8.13. The van der Waals surface area contributed by atoms with Crippen LogP contribution < -0.4 is 5.32 Å². The highest BCUT2D eigenvalue weighted by Crippen LogP contribution is 2.31. The largest absolute Gasteiger partial charge is 0.349 e. The first-order chi connectivity index (χ1) is 17.9. The molecule has 0 radical (unpaired) electrons. The molecule has 0 fully saturated rings. The second-order valence-electron chi connectivity index (χ2n) is 9.82. The molecule has 0 bridgehead atoms. The van der Waals surface area contributed by atoms with Crippen molar-refractivity contribution in [2.75, 3.05) is 6.54 Å². The average molecular weight is 486 g/mol. The molecule has 0 atom stereocenters. The minimum absolute atomic E-state index is 0.158. The normalized spacial score (nSPS) is 11.3. The molecule has 0 aliphatic rings. The lowest BCUT2D eigenvalue weighted by Gasteiger charge is -2.31. The minimum Gasteiger partial charge on any atom is -0.349 e. The van der Waals surface area contributed by atoms with Gasteiger partial charge in [0.25, 0.3) is 5.91 Å². The van der Waals surface area contributed by atoms with Gasteiger partial charge in [0, 0.05) is 17.6 Å². The Labute approximate surface area is 218 Å². The van der Waals surface area contributed by atoms with E-state index in [-0.39, 0.29) is 11.3 Å². The molecule has 0 unspecified atom stereocenters. The Bertz CT molecular complexity index is 1440. The summed E-state index contributed by atoms with van der Waals surface area (Å²) in [6, 6.07) is 35.4. The van der Waals surface area contributed by atoms with E-state index in [1.165, 1.54) is 16.7 Å². The van der Waals surface area contributed by atoms with Gasteiger partial charge in [0.1, 0.15) is 5.69 Å². The predicted molar refractivity (Wildman–Crippen MR) is 150 cm³/mol. The van der Waals surface area contributed by atoms with Gasteiger partial charge < -0.3 is 5.32 Å². The Balaban J connectivity index is 1.38. The van der Waals surface area contributed by atoms with Crippen LogP contribution in [0.4, 0.5) is 0 Å². The third-order valence-electron chi connectivity index (χ3n) is 7.00. The van der Waals surface area contributed by atoms with Crippen molar-refractivity contribution < 1.29 is 4.79 Å². The second-order valence-corrected chi connectivity index (χ2v) is 9.82. The van der Waals surface area contributed by atoms with E-state index in [1.807, 2.05) is 53.1 Å². The van der Waals surface area contributed by atoms with Crippen molar-refractivity contribution in [3.05, 3.63) is 144 Å². The maximum atomic E-state index is 13.4. The molecule has 5 rings (SSSR count). The monoisotopic (exact) mass is 485 g/mol. The summed E-state index contributed by atoms with van der Waals surface area (Å²) >= 11 is 0. The highest BCUT2D eigenvalue weighted by Gasteiger charge is 2.30. The first-order valence-electron chi connectivity index (χ1n) is 12.5. The Morgan fingerprint density at radius 1 is 0.784 bits per heavy atom. The number of rotatable bonds is 7. The van der Waals surface area contributed by atoms with Crippen LogP contribution >= 0.6 is 0 Å². The van der Waals surface area contributed by atoms with Crippen LogP contribution in [-0.4, -0.2) is 22.0 Å². The molecular weight excluding hydrogens is 454 g/mol. The molecule has 1 heterocycles. The zero-order valence-electron chi connectivity index (χ0n) is 21.5. The minimum atomic E-state index is -0.378. The van der Waals surface area contributed by atoms with Gasteiger partial charge in [0.15, 0.2) is 0 Å². The van der Waals surface area contributed by atoms with E-state index in [1.54, 1.807) is 12.5 Å². The van der Waals surface area contributed by atoms with Gasteiger partial charge in [0.2, 0.25) is 0 Å². The molecule has 1 N–H and O–H groups in total. The summed E-state index contributed by atoms with van der Waals surface area (Å²) in [4.78, 5) is 17.7. The van der Waals surface area contributed by atoms with Crippen LogP contribution in [0, 0.1) is 13.8 Å². The fourth-order valence-electron chi connectivity index (χ4n) is 4.96. The van der Waals surface area contributed by atoms with Gasteiger partial charge in [-0.3, -0.25) is 9.36 Å². The number of aromatic nitrogens is 2. The van der Waals surface area contributed by atoms with Gasteiger partial charge >= 0.3 is 0 Å². The van der Waals surface area contributed by atoms with Gasteiger partial charge in [-0.2, -0.15) is 0 Å². The van der Waals surface area contributed by atoms with Crippen molar-refractivity contribution in [1.29, 1.82) is 0 Å². The highest BCUT2D eigenvalue weighted by molar-refractivity contribution is 5.93. The van der Waals surface area contributed by atoms with E-state index >= 15 is 0 Å². The standard InChI is InChI=1S/C33H31N3O/c1-24-18-25(2)20-27(19-24)26-14-16-30(17-15-26)36-23-34-21-31(36)32(37)35-22-33(3,28-10-6-4-7-11-28)29-12-8-5-9-13-29/h4-21,23H,22H2,1-3H3,(H,35,37). The molecule has 1 amide bonds. The molecule has 4 heteroatoms. The molecule has 184 valence electrons. The smallest absolute Gasteiger partial charge is 0.269 e. The number of benzene rings is 4. The summed E-state index contributed by atoms with van der Waals surface area (Å²) < 4.78 is 1.84. The molecule has 1 aromatic heterocycles. The van der Waals surface area contributed by atoms with E-state index in [0.29, 0.717) is 12.2 Å². The van der Waals surface area contributed by atoms with Crippen LogP contribution in [0.3, 0.4) is 0 Å². The summed E-state index contributed by atoms with van der Waals surface area (Å²) in [6.07, 6.45) is 3.31. The van der Waals surface area contributed by atoms with Crippen LogP contribution in [0.2, 0.25) is 0 Å². The van der Waals surface area contributed by atoms with Crippen molar-refractivity contribution in [1.82, 2.24) is 14.9 Å². The molecule has 4 nitrogen and oxygen atoms in total. The number of carbonyl (C=O) groups is 1. The van der Waals surface area contributed by atoms with Crippen LogP contribution in [0.15, 0.2) is 116 Å². The first kappa shape index (κ1) is 24.3. The molecule has 0 spiro atoms. The lowest BCUT2D eigenvalue weighted by molar-refractivity contribution is 0.0940. The molecule has 0 saturated heterocycles. The number of amides is 1. The average Bonchev–Trinajstić information content (AvgIpc) is 3.42. The number of nitrogens with zero attached hydrogens (tertiary/aromatic N) is 2. The van der Waals surface area contributed by atoms with E-state index in [2.05, 4.69) is 85.7 Å². The highest BCUT2D eigenvalue weighted by atomic mass is 16.2. The Morgan fingerprint density at radius 2 is 1.35 bits per heavy atom. The molecule has 0 aliphatic carbocycles. The number of hydrogen-bond acceptors (Lipinski definition) is 2. The number of nitrogens with one attached hydrogen (secondary N) is 1. The number of imidazole rings is 1. The summed E-state index contributed by atoms with van der Waals surface area (Å²) in [5, 5.41) is 3.18. The van der Waals surface area contributed by atoms with Gasteiger partial charge in [-0.05, 0) is 55.2 Å². The summed E-state index contributed by atoms with van der Waals surface area (Å²) in [6.45, 7) is 6.85. The van der Waals surface area contributed by atoms with E-state index in [4.69, 9.17) is 0 Å². The van der Waals surface area contributed by atoms with E-state index in [9.17, 15) is 4.79 Å². The zero-order valence-corrected chi connectivity index (χ0v) is 21.5. The predicted octanol–water partition coefficient (Wildman–Crippen LogP) is 6.89. The van der Waals surface area contributed by atoms with E-state index < -0.39 is 0 Å². The summed E-state index contributed by atoms with van der Waals surface area (Å²) in [7, 11) is 0. The quantitative estimate of drug-likeness (QED) is 0.273. The van der Waals surface area contributed by atoms with Gasteiger partial charge in [-0.1, -0.05) is 102 Å². The summed E-state index contributed by atoms with van der Waals surface area (Å²) in [5.74, 6) is -0.158. The van der Waals surface area contributed by atoms with Crippen LogP contribution in [0.1, 0.15) is 39.7 Å². The van der Waals surface area contributed by atoms with Crippen LogP contribution in [0.5, 0.6) is 0 Å².